The molecule has 1 amide bonds. The van der Waals surface area contributed by atoms with Gasteiger partial charge in [-0.25, -0.2) is 0 Å². The van der Waals surface area contributed by atoms with Gasteiger partial charge in [-0.1, -0.05) is 46.5 Å². The third-order valence-corrected chi connectivity index (χ3v) is 2.40. The van der Waals surface area contributed by atoms with Crippen molar-refractivity contribution in [3.63, 3.8) is 0 Å². The van der Waals surface area contributed by atoms with Gasteiger partial charge in [0.05, 0.1) is 0 Å². The van der Waals surface area contributed by atoms with Gasteiger partial charge < -0.3 is 10.6 Å². The van der Waals surface area contributed by atoms with Gasteiger partial charge in [-0.2, -0.15) is 0 Å². The molecule has 0 aliphatic carbocycles. The molecule has 17 heavy (non-hydrogen) atoms. The van der Waals surface area contributed by atoms with Gasteiger partial charge in [0, 0.05) is 13.5 Å². The number of unbranched alkanes of at least 4 members (excludes halogenated alkanes) is 5. The third-order valence-electron chi connectivity index (χ3n) is 2.40. The number of hydrogen-bond donors (Lipinski definition) is 2. The summed E-state index contributed by atoms with van der Waals surface area (Å²) in [6, 6.07) is 0. The molecule has 0 aromatic heterocycles. The van der Waals surface area contributed by atoms with E-state index in [1.807, 2.05) is 13.8 Å². The highest BCUT2D eigenvalue weighted by Gasteiger charge is 1.92. The lowest BCUT2D eigenvalue weighted by Gasteiger charge is -2.03. The molecule has 0 fully saturated rings. The fourth-order valence-electron chi connectivity index (χ4n) is 1.52. The Morgan fingerprint density at radius 2 is 1.35 bits per heavy atom. The van der Waals surface area contributed by atoms with Gasteiger partial charge in [-0.05, 0) is 25.9 Å². The van der Waals surface area contributed by atoms with Crippen LogP contribution in [0.15, 0.2) is 0 Å². The number of amides is 1. The Kier molecular flexibility index (Phi) is 19.7. The molecule has 0 spiro atoms. The Morgan fingerprint density at radius 3 is 1.82 bits per heavy atom. The van der Waals surface area contributed by atoms with E-state index >= 15 is 0 Å². The Labute approximate surface area is 108 Å². The number of hydrogen-bond acceptors (Lipinski definition) is 2. The second kappa shape index (κ2) is 17.8. The van der Waals surface area contributed by atoms with Crippen molar-refractivity contribution in [2.24, 2.45) is 0 Å². The largest absolute Gasteiger partial charge is 0.356 e. The van der Waals surface area contributed by atoms with Gasteiger partial charge in [-0.3, -0.25) is 4.79 Å². The Morgan fingerprint density at radius 1 is 0.882 bits per heavy atom. The van der Waals surface area contributed by atoms with E-state index < -0.39 is 0 Å². The topological polar surface area (TPSA) is 41.1 Å². The smallest absolute Gasteiger partial charge is 0.216 e. The molecule has 0 aromatic carbocycles. The van der Waals surface area contributed by atoms with Crippen molar-refractivity contribution in [1.29, 1.82) is 0 Å². The SMILES string of the molecule is CC.CCNCCCCCCCCNC(C)=O. The standard InChI is InChI=1S/C12H26N2O.C2H6/c1-3-13-10-8-6-4-5-7-9-11-14-12(2)15;1-2/h13H,3-11H2,1-2H3,(H,14,15);1-2H3. The maximum atomic E-state index is 10.6. The highest BCUT2D eigenvalue weighted by atomic mass is 16.1. The number of carbonyl (C=O) groups is 1. The zero-order valence-corrected chi connectivity index (χ0v) is 12.3. The molecule has 0 aliphatic heterocycles. The second-order valence-electron chi connectivity index (χ2n) is 3.96. The van der Waals surface area contributed by atoms with Crippen LogP contribution in [-0.4, -0.2) is 25.5 Å². The van der Waals surface area contributed by atoms with Crippen molar-refractivity contribution in [2.75, 3.05) is 19.6 Å². The van der Waals surface area contributed by atoms with E-state index in [-0.39, 0.29) is 5.91 Å². The average molecular weight is 244 g/mol. The minimum absolute atomic E-state index is 0.0839. The van der Waals surface area contributed by atoms with E-state index in [9.17, 15) is 4.79 Å². The second-order valence-corrected chi connectivity index (χ2v) is 3.96. The van der Waals surface area contributed by atoms with Crippen LogP contribution in [0.1, 0.15) is 66.2 Å². The van der Waals surface area contributed by atoms with Gasteiger partial charge in [0.2, 0.25) is 5.91 Å². The van der Waals surface area contributed by atoms with Crippen LogP contribution < -0.4 is 10.6 Å². The van der Waals surface area contributed by atoms with Gasteiger partial charge in [0.25, 0.3) is 0 Å². The Hall–Kier alpha value is -0.570. The van der Waals surface area contributed by atoms with Crippen molar-refractivity contribution in [3.05, 3.63) is 0 Å². The van der Waals surface area contributed by atoms with Gasteiger partial charge >= 0.3 is 0 Å². The summed E-state index contributed by atoms with van der Waals surface area (Å²) in [5.41, 5.74) is 0. The van der Waals surface area contributed by atoms with Gasteiger partial charge in [0.15, 0.2) is 0 Å². The highest BCUT2D eigenvalue weighted by Crippen LogP contribution is 2.04. The molecule has 0 saturated heterocycles. The van der Waals surface area contributed by atoms with Crippen LogP contribution in [0, 0.1) is 0 Å². The zero-order valence-electron chi connectivity index (χ0n) is 12.3. The lowest BCUT2D eigenvalue weighted by Crippen LogP contribution is -2.20. The van der Waals surface area contributed by atoms with E-state index in [4.69, 9.17) is 0 Å². The molecule has 3 heteroatoms. The summed E-state index contributed by atoms with van der Waals surface area (Å²) in [5.74, 6) is 0.0839. The summed E-state index contributed by atoms with van der Waals surface area (Å²) < 4.78 is 0. The normalized spacial score (nSPS) is 9.41. The molecule has 3 nitrogen and oxygen atoms in total. The third kappa shape index (κ3) is 21.3. The molecular weight excluding hydrogens is 212 g/mol. The predicted molar refractivity (Wildman–Crippen MR) is 76.3 cm³/mol. The van der Waals surface area contributed by atoms with Crippen molar-refractivity contribution >= 4 is 5.91 Å². The van der Waals surface area contributed by atoms with E-state index in [0.717, 1.165) is 26.1 Å². The predicted octanol–water partition coefficient (Wildman–Crippen LogP) is 3.10. The molecule has 0 heterocycles. The summed E-state index contributed by atoms with van der Waals surface area (Å²) in [4.78, 5) is 10.6. The maximum Gasteiger partial charge on any atom is 0.216 e. The monoisotopic (exact) mass is 244 g/mol. The molecular formula is C14H32N2O. The fraction of sp³-hybridized carbons (Fsp3) is 0.929. The Balaban J connectivity index is 0. The molecule has 0 unspecified atom stereocenters. The van der Waals surface area contributed by atoms with Crippen LogP contribution >= 0.6 is 0 Å². The summed E-state index contributed by atoms with van der Waals surface area (Å²) in [7, 11) is 0. The molecule has 0 atom stereocenters. The van der Waals surface area contributed by atoms with Crippen LogP contribution in [0.2, 0.25) is 0 Å². The first-order chi connectivity index (χ1) is 8.27. The molecule has 104 valence electrons. The van der Waals surface area contributed by atoms with Crippen molar-refractivity contribution in [2.45, 2.75) is 66.2 Å². The molecule has 0 radical (unpaired) electrons. The van der Waals surface area contributed by atoms with Crippen LogP contribution in [0.3, 0.4) is 0 Å². The molecule has 0 rings (SSSR count). The molecule has 0 saturated carbocycles. The molecule has 2 N–H and O–H groups in total. The van der Waals surface area contributed by atoms with Crippen LogP contribution in [-0.2, 0) is 4.79 Å². The van der Waals surface area contributed by atoms with Crippen molar-refractivity contribution in [3.8, 4) is 0 Å². The first kappa shape index (κ1) is 18.8. The van der Waals surface area contributed by atoms with E-state index in [1.165, 1.54) is 32.1 Å². The summed E-state index contributed by atoms with van der Waals surface area (Å²) >= 11 is 0. The molecule has 0 bridgehead atoms. The van der Waals surface area contributed by atoms with Crippen LogP contribution in [0.4, 0.5) is 0 Å². The fourth-order valence-corrected chi connectivity index (χ4v) is 1.52. The van der Waals surface area contributed by atoms with Crippen LogP contribution in [0.5, 0.6) is 0 Å². The zero-order chi connectivity index (χ0) is 13.4. The molecule has 0 aliphatic rings. The van der Waals surface area contributed by atoms with Crippen molar-refractivity contribution < 1.29 is 4.79 Å². The summed E-state index contributed by atoms with van der Waals surface area (Å²) in [6.45, 7) is 10.8. The van der Waals surface area contributed by atoms with Gasteiger partial charge in [0.1, 0.15) is 0 Å². The Bertz CT molecular complexity index is 149. The minimum atomic E-state index is 0.0839. The maximum absolute atomic E-state index is 10.6. The van der Waals surface area contributed by atoms with Crippen LogP contribution in [0.25, 0.3) is 0 Å². The summed E-state index contributed by atoms with van der Waals surface area (Å²) in [6.07, 6.45) is 7.60. The number of nitrogens with one attached hydrogen (secondary N) is 2. The first-order valence-corrected chi connectivity index (χ1v) is 7.22. The number of rotatable bonds is 10. The quantitative estimate of drug-likeness (QED) is 0.580. The van der Waals surface area contributed by atoms with Crippen molar-refractivity contribution in [1.82, 2.24) is 10.6 Å². The van der Waals surface area contributed by atoms with E-state index in [1.54, 1.807) is 6.92 Å². The lowest BCUT2D eigenvalue weighted by atomic mass is 10.1. The summed E-state index contributed by atoms with van der Waals surface area (Å²) in [5, 5.41) is 6.14. The lowest BCUT2D eigenvalue weighted by molar-refractivity contribution is -0.118. The number of carbonyl (C=O) groups excluding carboxylic acids is 1. The van der Waals surface area contributed by atoms with E-state index in [0.29, 0.717) is 0 Å². The first-order valence-electron chi connectivity index (χ1n) is 7.22. The van der Waals surface area contributed by atoms with Gasteiger partial charge in [-0.15, -0.1) is 0 Å². The minimum Gasteiger partial charge on any atom is -0.356 e. The molecule has 0 aromatic rings. The van der Waals surface area contributed by atoms with E-state index in [2.05, 4.69) is 17.6 Å². The average Bonchev–Trinajstić information content (AvgIpc) is 2.34. The highest BCUT2D eigenvalue weighted by molar-refractivity contribution is 5.72.